The molecule has 0 aliphatic carbocycles. The van der Waals surface area contributed by atoms with E-state index in [1.165, 1.54) is 52.7 Å². The van der Waals surface area contributed by atoms with E-state index in [1.54, 1.807) is 0 Å². The third-order valence-electron chi connectivity index (χ3n) is 3.88. The van der Waals surface area contributed by atoms with Crippen molar-refractivity contribution in [2.24, 2.45) is 5.73 Å². The quantitative estimate of drug-likeness (QED) is 0.297. The molecule has 2 aliphatic rings. The lowest BCUT2D eigenvalue weighted by molar-refractivity contribution is -0.384. The highest BCUT2D eigenvalue weighted by atomic mass is 32.2. The zero-order valence-electron chi connectivity index (χ0n) is 14.0. The molecule has 9 nitrogen and oxygen atoms in total. The molecule has 27 heavy (non-hydrogen) atoms. The van der Waals surface area contributed by atoms with Crippen molar-refractivity contribution in [3.8, 4) is 0 Å². The molecule has 2 amide bonds. The molecular formula is C16H15N3O6S2. The first-order valence-electron chi connectivity index (χ1n) is 7.91. The van der Waals surface area contributed by atoms with Crippen LogP contribution in [0.15, 0.2) is 34.2 Å². The fourth-order valence-corrected chi connectivity index (χ4v) is 5.24. The summed E-state index contributed by atoms with van der Waals surface area (Å²) in [7, 11) is 0. The van der Waals surface area contributed by atoms with Crippen LogP contribution in [0.25, 0.3) is 0 Å². The number of nitrogens with two attached hydrogens (primary N) is 1. The minimum absolute atomic E-state index is 0.0536. The van der Waals surface area contributed by atoms with Crippen LogP contribution >= 0.6 is 23.5 Å². The lowest BCUT2D eigenvalue weighted by Crippen LogP contribution is -2.48. The number of nitro benzene ring substituents is 1. The van der Waals surface area contributed by atoms with E-state index >= 15 is 0 Å². The minimum Gasteiger partial charge on any atom is -0.456 e. The number of nitro groups is 1. The van der Waals surface area contributed by atoms with Crippen molar-refractivity contribution in [2.45, 2.75) is 24.8 Å². The SMILES string of the molecule is NC(=O)CCSC1=C(C(=O)OCc2ccc([N+](=O)[O-])cc2)N2C(=O)C[C@H]2S1. The molecular weight excluding hydrogens is 394 g/mol. The van der Waals surface area contributed by atoms with Crippen LogP contribution in [0, 0.1) is 10.1 Å². The Morgan fingerprint density at radius 2 is 2.07 bits per heavy atom. The molecule has 1 saturated heterocycles. The third-order valence-corrected chi connectivity index (χ3v) is 6.44. The number of amides is 2. The first kappa shape index (κ1) is 19.2. The first-order chi connectivity index (χ1) is 12.9. The number of esters is 1. The Kier molecular flexibility index (Phi) is 5.71. The van der Waals surface area contributed by atoms with Gasteiger partial charge >= 0.3 is 5.97 Å². The van der Waals surface area contributed by atoms with Crippen LogP contribution in [-0.4, -0.2) is 38.7 Å². The molecule has 0 bridgehead atoms. The highest BCUT2D eigenvalue weighted by Gasteiger charge is 2.49. The van der Waals surface area contributed by atoms with Gasteiger partial charge in [0.1, 0.15) is 6.61 Å². The number of primary amides is 1. The number of carbonyl (C=O) groups is 3. The number of carbonyl (C=O) groups excluding carboxylic acids is 3. The van der Waals surface area contributed by atoms with Gasteiger partial charge in [-0.2, -0.15) is 0 Å². The lowest BCUT2D eigenvalue weighted by atomic mass is 10.2. The molecule has 0 unspecified atom stereocenters. The van der Waals surface area contributed by atoms with Crippen molar-refractivity contribution in [1.82, 2.24) is 4.90 Å². The second-order valence-corrected chi connectivity index (χ2v) is 8.29. The van der Waals surface area contributed by atoms with E-state index in [4.69, 9.17) is 10.5 Å². The van der Waals surface area contributed by atoms with Gasteiger partial charge in [-0.05, 0) is 17.7 Å². The fourth-order valence-electron chi connectivity index (χ4n) is 2.49. The van der Waals surface area contributed by atoms with E-state index in [-0.39, 0.29) is 35.7 Å². The van der Waals surface area contributed by atoms with Crippen molar-refractivity contribution < 1.29 is 24.0 Å². The van der Waals surface area contributed by atoms with Crippen LogP contribution in [0.1, 0.15) is 18.4 Å². The summed E-state index contributed by atoms with van der Waals surface area (Å²) in [5, 5.41) is 10.5. The summed E-state index contributed by atoms with van der Waals surface area (Å²) in [6.45, 7) is -0.0725. The molecule has 0 saturated carbocycles. The van der Waals surface area contributed by atoms with E-state index < -0.39 is 16.8 Å². The second kappa shape index (κ2) is 8.01. The topological polar surface area (TPSA) is 133 Å². The highest BCUT2D eigenvalue weighted by Crippen LogP contribution is 2.50. The maximum atomic E-state index is 12.5. The van der Waals surface area contributed by atoms with Crippen molar-refractivity contribution in [1.29, 1.82) is 0 Å². The number of hydrogen-bond donors (Lipinski definition) is 1. The van der Waals surface area contributed by atoms with Crippen LogP contribution in [0.5, 0.6) is 0 Å². The van der Waals surface area contributed by atoms with Gasteiger partial charge in [-0.1, -0.05) is 11.8 Å². The van der Waals surface area contributed by atoms with Gasteiger partial charge in [0.2, 0.25) is 11.8 Å². The zero-order chi connectivity index (χ0) is 19.6. The molecule has 2 heterocycles. The van der Waals surface area contributed by atoms with Crippen molar-refractivity contribution in [3.05, 3.63) is 49.9 Å². The molecule has 1 fully saturated rings. The molecule has 2 aliphatic heterocycles. The molecule has 1 aromatic carbocycles. The van der Waals surface area contributed by atoms with Gasteiger partial charge in [0.25, 0.3) is 5.69 Å². The Labute approximate surface area is 162 Å². The van der Waals surface area contributed by atoms with Crippen LogP contribution in [0.4, 0.5) is 5.69 Å². The molecule has 3 rings (SSSR count). The summed E-state index contributed by atoms with van der Waals surface area (Å²) in [6.07, 6.45) is 0.516. The van der Waals surface area contributed by atoms with Gasteiger partial charge in [0.05, 0.1) is 21.0 Å². The number of rotatable bonds is 8. The Morgan fingerprint density at radius 3 is 2.67 bits per heavy atom. The summed E-state index contributed by atoms with van der Waals surface area (Å²) in [6, 6.07) is 5.66. The standard InChI is InChI=1S/C16H15N3O6S2/c17-11(20)5-6-26-16-14(18-12(21)7-13(18)27-16)15(22)25-8-9-1-3-10(4-2-9)19(23)24/h1-4,13H,5-8H2,(H2,17,20)/t13-/m1/s1. The van der Waals surface area contributed by atoms with Gasteiger partial charge in [-0.3, -0.25) is 24.6 Å². The molecule has 142 valence electrons. The van der Waals surface area contributed by atoms with Crippen LogP contribution < -0.4 is 5.73 Å². The largest absolute Gasteiger partial charge is 0.456 e. The van der Waals surface area contributed by atoms with Crippen LogP contribution in [0.3, 0.4) is 0 Å². The number of non-ortho nitro benzene ring substituents is 1. The fraction of sp³-hybridized carbons (Fsp3) is 0.312. The monoisotopic (exact) mass is 409 g/mol. The lowest BCUT2D eigenvalue weighted by Gasteiger charge is -2.34. The maximum Gasteiger partial charge on any atom is 0.357 e. The Hall–Kier alpha value is -2.53. The number of ether oxygens (including phenoxy) is 1. The first-order valence-corrected chi connectivity index (χ1v) is 9.78. The number of nitrogens with zero attached hydrogens (tertiary/aromatic N) is 2. The Morgan fingerprint density at radius 1 is 1.37 bits per heavy atom. The molecule has 0 radical (unpaired) electrons. The third kappa shape index (κ3) is 4.25. The van der Waals surface area contributed by atoms with E-state index in [0.29, 0.717) is 22.0 Å². The van der Waals surface area contributed by atoms with E-state index in [1.807, 2.05) is 0 Å². The normalized spacial score (nSPS) is 18.1. The summed E-state index contributed by atoms with van der Waals surface area (Å²) in [5.74, 6) is -0.822. The highest BCUT2D eigenvalue weighted by molar-refractivity contribution is 8.22. The van der Waals surface area contributed by atoms with Gasteiger partial charge in [0, 0.05) is 24.3 Å². The summed E-state index contributed by atoms with van der Waals surface area (Å²) < 4.78 is 5.93. The molecule has 2 N–H and O–H groups in total. The number of thioether (sulfide) groups is 2. The molecule has 0 spiro atoms. The summed E-state index contributed by atoms with van der Waals surface area (Å²) in [4.78, 5) is 46.8. The average molecular weight is 409 g/mol. The van der Waals surface area contributed by atoms with E-state index in [2.05, 4.69) is 0 Å². The minimum atomic E-state index is -0.641. The van der Waals surface area contributed by atoms with Gasteiger partial charge < -0.3 is 10.5 Å². The Bertz CT molecular complexity index is 839. The van der Waals surface area contributed by atoms with Crippen molar-refractivity contribution in [2.75, 3.05) is 5.75 Å². The van der Waals surface area contributed by atoms with Crippen molar-refractivity contribution in [3.63, 3.8) is 0 Å². The van der Waals surface area contributed by atoms with Crippen LogP contribution in [0.2, 0.25) is 0 Å². The molecule has 0 aromatic heterocycles. The van der Waals surface area contributed by atoms with Gasteiger partial charge in [0.15, 0.2) is 5.70 Å². The van der Waals surface area contributed by atoms with Gasteiger partial charge in [-0.25, -0.2) is 4.79 Å². The zero-order valence-corrected chi connectivity index (χ0v) is 15.6. The number of benzene rings is 1. The van der Waals surface area contributed by atoms with Gasteiger partial charge in [-0.15, -0.1) is 11.8 Å². The molecule has 1 atom stereocenters. The van der Waals surface area contributed by atoms with E-state index in [0.717, 1.165) is 0 Å². The predicted octanol–water partition coefficient (Wildman–Crippen LogP) is 1.72. The number of fused-ring (bicyclic) bond motifs is 1. The summed E-state index contributed by atoms with van der Waals surface area (Å²) in [5.41, 5.74) is 5.86. The van der Waals surface area contributed by atoms with E-state index in [9.17, 15) is 24.5 Å². The Balaban J connectivity index is 1.66. The molecule has 1 aromatic rings. The maximum absolute atomic E-state index is 12.5. The average Bonchev–Trinajstić information content (AvgIpc) is 2.92. The predicted molar refractivity (Wildman–Crippen MR) is 99.0 cm³/mol. The number of hydrogen-bond acceptors (Lipinski definition) is 8. The number of β-lactam (4-membered cyclic amide) rings is 1. The smallest absolute Gasteiger partial charge is 0.357 e. The molecule has 11 heteroatoms. The second-order valence-electron chi connectivity index (χ2n) is 5.74. The van der Waals surface area contributed by atoms with Crippen LogP contribution in [-0.2, 0) is 25.7 Å². The van der Waals surface area contributed by atoms with Crippen molar-refractivity contribution >= 4 is 47.0 Å². The summed E-state index contributed by atoms with van der Waals surface area (Å²) >= 11 is 2.70.